The zero-order chi connectivity index (χ0) is 16.1. The Morgan fingerprint density at radius 1 is 1.18 bits per heavy atom. The average Bonchev–Trinajstić information content (AvgIpc) is 2.97. The van der Waals surface area contributed by atoms with Crippen LogP contribution in [0.15, 0.2) is 41.0 Å². The molecule has 116 valence electrons. The van der Waals surface area contributed by atoms with Gasteiger partial charge < -0.3 is 14.8 Å². The molecule has 1 heterocycles. The van der Waals surface area contributed by atoms with Crippen molar-refractivity contribution in [2.75, 3.05) is 6.54 Å². The van der Waals surface area contributed by atoms with Gasteiger partial charge in [0.25, 0.3) is 5.91 Å². The van der Waals surface area contributed by atoms with Gasteiger partial charge in [-0.3, -0.25) is 4.79 Å². The SMILES string of the molecule is CC(C)c1occc1C(=O)NCCc1ccc(C(=O)O)cc1. The molecule has 22 heavy (non-hydrogen) atoms. The lowest BCUT2D eigenvalue weighted by Crippen LogP contribution is -2.26. The highest BCUT2D eigenvalue weighted by atomic mass is 16.4. The lowest BCUT2D eigenvalue weighted by Gasteiger charge is -2.07. The zero-order valence-corrected chi connectivity index (χ0v) is 12.6. The highest BCUT2D eigenvalue weighted by molar-refractivity contribution is 5.95. The van der Waals surface area contributed by atoms with Gasteiger partial charge in [-0.25, -0.2) is 4.79 Å². The number of hydrogen-bond donors (Lipinski definition) is 2. The molecular weight excluding hydrogens is 282 g/mol. The summed E-state index contributed by atoms with van der Waals surface area (Å²) in [6.45, 7) is 4.42. The highest BCUT2D eigenvalue weighted by Gasteiger charge is 2.16. The maximum Gasteiger partial charge on any atom is 0.335 e. The molecule has 0 bridgehead atoms. The van der Waals surface area contributed by atoms with Gasteiger partial charge in [-0.15, -0.1) is 0 Å². The number of carboxylic acid groups (broad SMARTS) is 1. The fourth-order valence-electron chi connectivity index (χ4n) is 2.19. The Bertz CT molecular complexity index is 656. The Labute approximate surface area is 129 Å². The van der Waals surface area contributed by atoms with Crippen LogP contribution in [0.25, 0.3) is 0 Å². The molecule has 0 radical (unpaired) electrons. The first kappa shape index (κ1) is 15.8. The first-order chi connectivity index (χ1) is 10.5. The summed E-state index contributed by atoms with van der Waals surface area (Å²) in [5, 5.41) is 11.7. The van der Waals surface area contributed by atoms with E-state index in [1.165, 1.54) is 6.26 Å². The van der Waals surface area contributed by atoms with Crippen LogP contribution in [-0.4, -0.2) is 23.5 Å². The van der Waals surface area contributed by atoms with Gasteiger partial charge >= 0.3 is 5.97 Å². The van der Waals surface area contributed by atoms with Gasteiger partial charge in [0, 0.05) is 12.5 Å². The van der Waals surface area contributed by atoms with E-state index in [0.717, 1.165) is 5.56 Å². The molecule has 0 unspecified atom stereocenters. The number of rotatable bonds is 6. The summed E-state index contributed by atoms with van der Waals surface area (Å²) < 4.78 is 5.33. The van der Waals surface area contributed by atoms with Crippen molar-refractivity contribution < 1.29 is 19.1 Å². The van der Waals surface area contributed by atoms with Crippen molar-refractivity contribution in [3.05, 3.63) is 59.0 Å². The molecule has 0 aliphatic heterocycles. The quantitative estimate of drug-likeness (QED) is 0.859. The fourth-order valence-corrected chi connectivity index (χ4v) is 2.19. The Kier molecular flexibility index (Phi) is 4.99. The van der Waals surface area contributed by atoms with Crippen molar-refractivity contribution in [2.45, 2.75) is 26.2 Å². The first-order valence-corrected chi connectivity index (χ1v) is 7.17. The average molecular weight is 301 g/mol. The van der Waals surface area contributed by atoms with E-state index in [0.29, 0.717) is 24.3 Å². The van der Waals surface area contributed by atoms with E-state index in [9.17, 15) is 9.59 Å². The molecule has 2 N–H and O–H groups in total. The largest absolute Gasteiger partial charge is 0.478 e. The van der Waals surface area contributed by atoms with Gasteiger partial charge in [-0.05, 0) is 30.2 Å². The van der Waals surface area contributed by atoms with Crippen LogP contribution in [0.5, 0.6) is 0 Å². The normalized spacial score (nSPS) is 10.7. The maximum absolute atomic E-state index is 12.1. The molecule has 0 aliphatic rings. The third-order valence-electron chi connectivity index (χ3n) is 3.36. The van der Waals surface area contributed by atoms with Crippen molar-refractivity contribution in [2.24, 2.45) is 0 Å². The van der Waals surface area contributed by atoms with Gasteiger partial charge in [0.1, 0.15) is 5.76 Å². The highest BCUT2D eigenvalue weighted by Crippen LogP contribution is 2.20. The molecular formula is C17H19NO4. The van der Waals surface area contributed by atoms with Crippen LogP contribution in [0.1, 0.15) is 51.8 Å². The molecule has 0 saturated carbocycles. The Hall–Kier alpha value is -2.56. The van der Waals surface area contributed by atoms with Gasteiger partial charge in [0.15, 0.2) is 0 Å². The Morgan fingerprint density at radius 3 is 2.45 bits per heavy atom. The molecule has 2 aromatic rings. The predicted octanol–water partition coefficient (Wildman–Crippen LogP) is 3.07. The van der Waals surface area contributed by atoms with Gasteiger partial charge in [0.2, 0.25) is 0 Å². The van der Waals surface area contributed by atoms with Crippen molar-refractivity contribution in [3.63, 3.8) is 0 Å². The predicted molar refractivity (Wildman–Crippen MR) is 82.2 cm³/mol. The zero-order valence-electron chi connectivity index (χ0n) is 12.6. The van der Waals surface area contributed by atoms with Gasteiger partial charge in [0.05, 0.1) is 17.4 Å². The minimum absolute atomic E-state index is 0.152. The summed E-state index contributed by atoms with van der Waals surface area (Å²) in [4.78, 5) is 22.9. The van der Waals surface area contributed by atoms with Crippen molar-refractivity contribution in [1.82, 2.24) is 5.32 Å². The van der Waals surface area contributed by atoms with E-state index in [2.05, 4.69) is 5.32 Å². The molecule has 1 aromatic carbocycles. The number of benzene rings is 1. The van der Waals surface area contributed by atoms with Crippen LogP contribution in [0.4, 0.5) is 0 Å². The van der Waals surface area contributed by atoms with Gasteiger partial charge in [-0.2, -0.15) is 0 Å². The van der Waals surface area contributed by atoms with Crippen molar-refractivity contribution in [3.8, 4) is 0 Å². The Balaban J connectivity index is 1.89. The van der Waals surface area contributed by atoms with Gasteiger partial charge in [-0.1, -0.05) is 26.0 Å². The summed E-state index contributed by atoms with van der Waals surface area (Å²) in [6.07, 6.45) is 2.16. The summed E-state index contributed by atoms with van der Waals surface area (Å²) >= 11 is 0. The molecule has 0 saturated heterocycles. The molecule has 1 aromatic heterocycles. The van der Waals surface area contributed by atoms with E-state index < -0.39 is 5.97 Å². The van der Waals surface area contributed by atoms with Crippen LogP contribution >= 0.6 is 0 Å². The third kappa shape index (κ3) is 3.75. The summed E-state index contributed by atoms with van der Waals surface area (Å²) in [6, 6.07) is 8.31. The number of nitrogens with one attached hydrogen (secondary N) is 1. The second kappa shape index (κ2) is 6.93. The molecule has 5 heteroatoms. The van der Waals surface area contributed by atoms with Crippen molar-refractivity contribution in [1.29, 1.82) is 0 Å². The summed E-state index contributed by atoms with van der Waals surface area (Å²) in [7, 11) is 0. The number of aromatic carboxylic acids is 1. The number of furan rings is 1. The minimum Gasteiger partial charge on any atom is -0.478 e. The second-order valence-corrected chi connectivity index (χ2v) is 5.36. The second-order valence-electron chi connectivity index (χ2n) is 5.36. The molecule has 0 spiro atoms. The first-order valence-electron chi connectivity index (χ1n) is 7.17. The third-order valence-corrected chi connectivity index (χ3v) is 3.36. The number of carbonyl (C=O) groups excluding carboxylic acids is 1. The van der Waals surface area contributed by atoms with E-state index in [1.807, 2.05) is 13.8 Å². The lowest BCUT2D eigenvalue weighted by molar-refractivity contribution is 0.0696. The standard InChI is InChI=1S/C17H19NO4/c1-11(2)15-14(8-10-22-15)16(19)18-9-7-12-3-5-13(6-4-12)17(20)21/h3-6,8,10-11H,7,9H2,1-2H3,(H,18,19)(H,20,21). The summed E-state index contributed by atoms with van der Waals surface area (Å²) in [5.41, 5.74) is 1.80. The van der Waals surface area contributed by atoms with E-state index in [4.69, 9.17) is 9.52 Å². The smallest absolute Gasteiger partial charge is 0.335 e. The Morgan fingerprint density at radius 2 is 1.86 bits per heavy atom. The van der Waals surface area contributed by atoms with Crippen LogP contribution in [0.2, 0.25) is 0 Å². The monoisotopic (exact) mass is 301 g/mol. The number of carboxylic acids is 1. The molecule has 1 amide bonds. The fraction of sp³-hybridized carbons (Fsp3) is 0.294. The molecule has 5 nitrogen and oxygen atoms in total. The molecule has 0 atom stereocenters. The number of carbonyl (C=O) groups is 2. The van der Waals surface area contributed by atoms with E-state index in [-0.39, 0.29) is 17.4 Å². The summed E-state index contributed by atoms with van der Waals surface area (Å²) in [5.74, 6) is -0.261. The van der Waals surface area contributed by atoms with Crippen molar-refractivity contribution >= 4 is 11.9 Å². The topological polar surface area (TPSA) is 79.5 Å². The van der Waals surface area contributed by atoms with Crippen LogP contribution in [0.3, 0.4) is 0 Å². The minimum atomic E-state index is -0.943. The van der Waals surface area contributed by atoms with E-state index in [1.54, 1.807) is 30.3 Å². The number of hydrogen-bond acceptors (Lipinski definition) is 3. The van der Waals surface area contributed by atoms with Crippen LogP contribution < -0.4 is 5.32 Å². The van der Waals surface area contributed by atoms with Crippen LogP contribution in [0, 0.1) is 0 Å². The maximum atomic E-state index is 12.1. The number of amides is 1. The molecule has 0 aliphatic carbocycles. The van der Waals surface area contributed by atoms with E-state index >= 15 is 0 Å². The lowest BCUT2D eigenvalue weighted by atomic mass is 10.1. The molecule has 0 fully saturated rings. The molecule has 2 rings (SSSR count). The van der Waals surface area contributed by atoms with Crippen LogP contribution in [-0.2, 0) is 6.42 Å².